The zero-order chi connectivity index (χ0) is 13.2. The second kappa shape index (κ2) is 4.85. The summed E-state index contributed by atoms with van der Waals surface area (Å²) in [7, 11) is 1.84. The molecule has 3 rings (SSSR count). The summed E-state index contributed by atoms with van der Waals surface area (Å²) in [5.74, 6) is 2.32. The van der Waals surface area contributed by atoms with Crippen molar-refractivity contribution in [3.05, 3.63) is 36.0 Å². The normalized spacial score (nSPS) is 16.8. The van der Waals surface area contributed by atoms with E-state index in [2.05, 4.69) is 21.4 Å². The van der Waals surface area contributed by atoms with E-state index in [-0.39, 0.29) is 6.10 Å². The number of aromatic nitrogens is 2. The molecule has 3 N–H and O–H groups in total. The fourth-order valence-corrected chi connectivity index (χ4v) is 2.27. The summed E-state index contributed by atoms with van der Waals surface area (Å²) in [6.45, 7) is 0.519. The first-order valence-corrected chi connectivity index (χ1v) is 6.31. The first-order chi connectivity index (χ1) is 9.31. The van der Waals surface area contributed by atoms with Gasteiger partial charge in [0.1, 0.15) is 17.7 Å². The molecule has 0 aliphatic carbocycles. The molecule has 0 radical (unpaired) electrons. The summed E-state index contributed by atoms with van der Waals surface area (Å²) < 4.78 is 5.89. The molecule has 0 saturated carbocycles. The van der Waals surface area contributed by atoms with E-state index >= 15 is 0 Å². The lowest BCUT2D eigenvalue weighted by Crippen LogP contribution is -2.24. The Morgan fingerprint density at radius 2 is 2.32 bits per heavy atom. The number of rotatable bonds is 3. The van der Waals surface area contributed by atoms with Crippen molar-refractivity contribution in [2.24, 2.45) is 5.73 Å². The Morgan fingerprint density at radius 3 is 3.11 bits per heavy atom. The van der Waals surface area contributed by atoms with Crippen LogP contribution in [0.2, 0.25) is 0 Å². The third kappa shape index (κ3) is 2.13. The van der Waals surface area contributed by atoms with E-state index in [0.29, 0.717) is 12.4 Å². The Balaban J connectivity index is 2.05. The standard InChI is InChI=1S/C14H16N4O/c1-16-12-5-6-17-14(18-12)11-4-2-3-9-7-10(8-15)19-13(9)11/h2-6,10H,7-8,15H2,1H3,(H,16,17,18)/t10-/m1/s1. The topological polar surface area (TPSA) is 73.1 Å². The lowest BCUT2D eigenvalue weighted by Gasteiger charge is -2.10. The Kier molecular flexibility index (Phi) is 3.05. The lowest BCUT2D eigenvalue weighted by molar-refractivity contribution is 0.242. The van der Waals surface area contributed by atoms with Gasteiger partial charge in [0.25, 0.3) is 0 Å². The minimum absolute atomic E-state index is 0.0589. The molecule has 1 aromatic carbocycles. The van der Waals surface area contributed by atoms with Gasteiger partial charge in [0.2, 0.25) is 0 Å². The highest BCUT2D eigenvalue weighted by Crippen LogP contribution is 2.37. The third-order valence-electron chi connectivity index (χ3n) is 3.24. The van der Waals surface area contributed by atoms with Crippen LogP contribution in [0.15, 0.2) is 30.5 Å². The van der Waals surface area contributed by atoms with Crippen molar-refractivity contribution >= 4 is 5.82 Å². The van der Waals surface area contributed by atoms with Crippen LogP contribution >= 0.6 is 0 Å². The van der Waals surface area contributed by atoms with Crippen LogP contribution in [0.1, 0.15) is 5.56 Å². The van der Waals surface area contributed by atoms with Gasteiger partial charge in [0, 0.05) is 26.2 Å². The fraction of sp³-hybridized carbons (Fsp3) is 0.286. The fourth-order valence-electron chi connectivity index (χ4n) is 2.27. The molecular weight excluding hydrogens is 240 g/mol. The molecular formula is C14H16N4O. The number of nitrogens with one attached hydrogen (secondary N) is 1. The number of hydrogen-bond donors (Lipinski definition) is 2. The number of hydrogen-bond acceptors (Lipinski definition) is 5. The van der Waals surface area contributed by atoms with Crippen LogP contribution in [0.25, 0.3) is 11.4 Å². The molecule has 19 heavy (non-hydrogen) atoms. The molecule has 0 spiro atoms. The van der Waals surface area contributed by atoms with E-state index in [1.807, 2.05) is 25.2 Å². The van der Waals surface area contributed by atoms with Gasteiger partial charge in [-0.15, -0.1) is 0 Å². The van der Waals surface area contributed by atoms with Gasteiger partial charge in [-0.3, -0.25) is 0 Å². The highest BCUT2D eigenvalue weighted by molar-refractivity contribution is 5.68. The Bertz CT molecular complexity index is 600. The van der Waals surface area contributed by atoms with Crippen molar-refractivity contribution in [1.29, 1.82) is 0 Å². The van der Waals surface area contributed by atoms with E-state index in [1.165, 1.54) is 5.56 Å². The molecule has 2 aromatic rings. The molecule has 2 heterocycles. The minimum Gasteiger partial charge on any atom is -0.488 e. The minimum atomic E-state index is 0.0589. The summed E-state index contributed by atoms with van der Waals surface area (Å²) in [6, 6.07) is 7.88. The number of nitrogens with zero attached hydrogens (tertiary/aromatic N) is 2. The smallest absolute Gasteiger partial charge is 0.165 e. The lowest BCUT2D eigenvalue weighted by atomic mass is 10.1. The van der Waals surface area contributed by atoms with Crippen molar-refractivity contribution < 1.29 is 4.74 Å². The number of benzene rings is 1. The van der Waals surface area contributed by atoms with E-state index < -0.39 is 0 Å². The van der Waals surface area contributed by atoms with Crippen molar-refractivity contribution in [3.8, 4) is 17.1 Å². The van der Waals surface area contributed by atoms with Crippen molar-refractivity contribution in [1.82, 2.24) is 9.97 Å². The van der Waals surface area contributed by atoms with E-state index in [0.717, 1.165) is 23.6 Å². The first kappa shape index (κ1) is 11.9. The Morgan fingerprint density at radius 1 is 1.42 bits per heavy atom. The molecule has 98 valence electrons. The van der Waals surface area contributed by atoms with Gasteiger partial charge in [0.15, 0.2) is 5.82 Å². The Hall–Kier alpha value is -2.14. The molecule has 0 bridgehead atoms. The quantitative estimate of drug-likeness (QED) is 0.869. The van der Waals surface area contributed by atoms with Gasteiger partial charge in [-0.2, -0.15) is 0 Å². The van der Waals surface area contributed by atoms with Gasteiger partial charge in [-0.25, -0.2) is 9.97 Å². The summed E-state index contributed by atoms with van der Waals surface area (Å²) >= 11 is 0. The Labute approximate surface area is 111 Å². The number of nitrogens with two attached hydrogens (primary N) is 1. The molecule has 1 atom stereocenters. The number of anilines is 1. The maximum atomic E-state index is 5.89. The molecule has 5 nitrogen and oxygen atoms in total. The number of ether oxygens (including phenoxy) is 1. The molecule has 0 fully saturated rings. The molecule has 0 unspecified atom stereocenters. The third-order valence-corrected chi connectivity index (χ3v) is 3.24. The van der Waals surface area contributed by atoms with Gasteiger partial charge >= 0.3 is 0 Å². The number of fused-ring (bicyclic) bond motifs is 1. The predicted octanol–water partition coefficient (Wildman–Crippen LogP) is 1.45. The number of para-hydroxylation sites is 1. The van der Waals surface area contributed by atoms with Crippen LogP contribution in [0.3, 0.4) is 0 Å². The van der Waals surface area contributed by atoms with Crippen LogP contribution in [0, 0.1) is 0 Å². The SMILES string of the molecule is CNc1ccnc(-c2cccc3c2O[C@@H](CN)C3)n1. The van der Waals surface area contributed by atoms with E-state index in [1.54, 1.807) is 6.20 Å². The highest BCUT2D eigenvalue weighted by atomic mass is 16.5. The first-order valence-electron chi connectivity index (χ1n) is 6.31. The average Bonchev–Trinajstić information content (AvgIpc) is 2.90. The molecule has 1 aromatic heterocycles. The van der Waals surface area contributed by atoms with Gasteiger partial charge in [0.05, 0.1) is 5.56 Å². The van der Waals surface area contributed by atoms with Crippen LogP contribution in [0.4, 0.5) is 5.82 Å². The van der Waals surface area contributed by atoms with E-state index in [4.69, 9.17) is 10.5 Å². The summed E-state index contributed by atoms with van der Waals surface area (Å²) in [5, 5.41) is 3.01. The van der Waals surface area contributed by atoms with Crippen LogP contribution in [0.5, 0.6) is 5.75 Å². The van der Waals surface area contributed by atoms with Crippen molar-refractivity contribution in [2.45, 2.75) is 12.5 Å². The maximum absolute atomic E-state index is 5.89. The second-order valence-corrected chi connectivity index (χ2v) is 4.49. The molecule has 0 saturated heterocycles. The van der Waals surface area contributed by atoms with Gasteiger partial charge < -0.3 is 15.8 Å². The van der Waals surface area contributed by atoms with Gasteiger partial charge in [-0.1, -0.05) is 12.1 Å². The van der Waals surface area contributed by atoms with Crippen molar-refractivity contribution in [2.75, 3.05) is 18.9 Å². The van der Waals surface area contributed by atoms with Crippen LogP contribution in [-0.4, -0.2) is 29.7 Å². The average molecular weight is 256 g/mol. The summed E-state index contributed by atoms with van der Waals surface area (Å²) in [6.07, 6.45) is 2.65. The van der Waals surface area contributed by atoms with Crippen LogP contribution in [-0.2, 0) is 6.42 Å². The molecule has 1 aliphatic rings. The summed E-state index contributed by atoms with van der Waals surface area (Å²) in [5.41, 5.74) is 7.78. The highest BCUT2D eigenvalue weighted by Gasteiger charge is 2.25. The predicted molar refractivity (Wildman–Crippen MR) is 74.2 cm³/mol. The molecule has 5 heteroatoms. The van der Waals surface area contributed by atoms with E-state index in [9.17, 15) is 0 Å². The maximum Gasteiger partial charge on any atom is 0.165 e. The zero-order valence-corrected chi connectivity index (χ0v) is 10.8. The summed E-state index contributed by atoms with van der Waals surface area (Å²) in [4.78, 5) is 8.78. The zero-order valence-electron chi connectivity index (χ0n) is 10.8. The van der Waals surface area contributed by atoms with Crippen molar-refractivity contribution in [3.63, 3.8) is 0 Å². The monoisotopic (exact) mass is 256 g/mol. The van der Waals surface area contributed by atoms with Gasteiger partial charge in [-0.05, 0) is 17.7 Å². The largest absolute Gasteiger partial charge is 0.488 e. The van der Waals surface area contributed by atoms with Crippen LogP contribution < -0.4 is 15.8 Å². The molecule has 1 aliphatic heterocycles. The molecule has 0 amide bonds. The second-order valence-electron chi connectivity index (χ2n) is 4.49.